The Bertz CT molecular complexity index is 1290. The highest BCUT2D eigenvalue weighted by atomic mass is 35.5. The minimum Gasteiger partial charge on any atom is -0.337 e. The first-order chi connectivity index (χ1) is 16.0. The first-order valence-corrected chi connectivity index (χ1v) is 12.6. The van der Waals surface area contributed by atoms with Gasteiger partial charge in [-0.25, -0.2) is 0 Å². The predicted octanol–water partition coefficient (Wildman–Crippen LogP) is 6.74. The molecule has 0 radical (unpaired) electrons. The standard InChI is InChI=1S/C26H22ClN3OS2/c1-17-7-6-10-20(15-17)30-24(31)23(25-29(2)21-16-19(27)11-12-22(21)32-25)33-26(30)28-14-13-18-8-4-3-5-9-18/h3-12,15-16H,13-14H2,1-2H3. The second-order valence-electron chi connectivity index (χ2n) is 7.89. The number of hydrogen-bond donors (Lipinski definition) is 0. The van der Waals surface area contributed by atoms with E-state index in [0.717, 1.165) is 33.3 Å². The third kappa shape index (κ3) is 4.43. The van der Waals surface area contributed by atoms with Crippen LogP contribution < -0.4 is 9.80 Å². The molecule has 1 saturated heterocycles. The number of halogens is 1. The average Bonchev–Trinajstić information content (AvgIpc) is 3.30. The average molecular weight is 492 g/mol. The van der Waals surface area contributed by atoms with Gasteiger partial charge in [-0.15, -0.1) is 0 Å². The Kier molecular flexibility index (Phi) is 6.23. The monoisotopic (exact) mass is 491 g/mol. The maximum atomic E-state index is 13.7. The highest BCUT2D eigenvalue weighted by molar-refractivity contribution is 8.20. The lowest BCUT2D eigenvalue weighted by Gasteiger charge is -2.17. The van der Waals surface area contributed by atoms with Crippen LogP contribution in [0.1, 0.15) is 11.1 Å². The van der Waals surface area contributed by atoms with Crippen molar-refractivity contribution in [3.05, 3.63) is 98.9 Å². The predicted molar refractivity (Wildman–Crippen MR) is 141 cm³/mol. The molecule has 2 heterocycles. The smallest absolute Gasteiger partial charge is 0.274 e. The molecule has 5 rings (SSSR count). The summed E-state index contributed by atoms with van der Waals surface area (Å²) >= 11 is 9.27. The van der Waals surface area contributed by atoms with Gasteiger partial charge in [-0.3, -0.25) is 14.7 Å². The molecule has 1 fully saturated rings. The van der Waals surface area contributed by atoms with Crippen molar-refractivity contribution in [1.82, 2.24) is 0 Å². The second kappa shape index (κ2) is 9.29. The molecule has 3 aromatic carbocycles. The summed E-state index contributed by atoms with van der Waals surface area (Å²) in [5, 5.41) is 2.31. The van der Waals surface area contributed by atoms with Crippen molar-refractivity contribution in [2.75, 3.05) is 23.4 Å². The molecule has 4 nitrogen and oxygen atoms in total. The second-order valence-corrected chi connectivity index (χ2v) is 10.3. The number of fused-ring (bicyclic) bond motifs is 1. The van der Waals surface area contributed by atoms with E-state index in [1.54, 1.807) is 16.7 Å². The van der Waals surface area contributed by atoms with Gasteiger partial charge < -0.3 is 4.90 Å². The fourth-order valence-corrected chi connectivity index (χ4v) is 6.34. The maximum absolute atomic E-state index is 13.7. The molecule has 0 bridgehead atoms. The van der Waals surface area contributed by atoms with Crippen LogP contribution in [0.4, 0.5) is 11.4 Å². The number of carbonyl (C=O) groups is 1. The fraction of sp³-hybridized carbons (Fsp3) is 0.154. The van der Waals surface area contributed by atoms with Crippen LogP contribution in [-0.4, -0.2) is 24.7 Å². The number of benzene rings is 3. The SMILES string of the molecule is Cc1cccc(N2C(=O)C(=C3Sc4ccc(Cl)cc4N3C)SC2=NCCc2ccccc2)c1. The highest BCUT2D eigenvalue weighted by Crippen LogP contribution is 2.51. The Morgan fingerprint density at radius 2 is 1.79 bits per heavy atom. The van der Waals surface area contributed by atoms with Gasteiger partial charge in [0.05, 0.1) is 16.4 Å². The van der Waals surface area contributed by atoms with E-state index in [0.29, 0.717) is 21.6 Å². The Morgan fingerprint density at radius 1 is 0.970 bits per heavy atom. The van der Waals surface area contributed by atoms with Crippen LogP contribution in [0.15, 0.2) is 92.6 Å². The minimum atomic E-state index is -0.0442. The molecule has 0 unspecified atom stereocenters. The quantitative estimate of drug-likeness (QED) is 0.379. The molecule has 0 spiro atoms. The Hall–Kier alpha value is -2.67. The van der Waals surface area contributed by atoms with Gasteiger partial charge in [0.2, 0.25) is 0 Å². The molecule has 1 amide bonds. The number of aryl methyl sites for hydroxylation is 1. The van der Waals surface area contributed by atoms with Crippen molar-refractivity contribution in [1.29, 1.82) is 0 Å². The summed E-state index contributed by atoms with van der Waals surface area (Å²) in [5.41, 5.74) is 4.19. The van der Waals surface area contributed by atoms with E-state index in [2.05, 4.69) is 12.1 Å². The maximum Gasteiger partial charge on any atom is 0.274 e. The van der Waals surface area contributed by atoms with Crippen LogP contribution in [0.3, 0.4) is 0 Å². The van der Waals surface area contributed by atoms with E-state index in [9.17, 15) is 4.79 Å². The number of rotatable bonds is 4. The Morgan fingerprint density at radius 3 is 2.58 bits per heavy atom. The largest absolute Gasteiger partial charge is 0.337 e. The van der Waals surface area contributed by atoms with Gasteiger partial charge in [0.15, 0.2) is 5.17 Å². The van der Waals surface area contributed by atoms with Crippen molar-refractivity contribution in [3.63, 3.8) is 0 Å². The molecule has 166 valence electrons. The van der Waals surface area contributed by atoms with Crippen molar-refractivity contribution in [2.24, 2.45) is 4.99 Å². The zero-order valence-electron chi connectivity index (χ0n) is 18.3. The first kappa shape index (κ1) is 22.1. The summed E-state index contributed by atoms with van der Waals surface area (Å²) in [6.07, 6.45) is 0.825. The molecule has 0 aliphatic carbocycles. The van der Waals surface area contributed by atoms with E-state index in [-0.39, 0.29) is 5.91 Å². The van der Waals surface area contributed by atoms with E-state index in [4.69, 9.17) is 16.6 Å². The number of nitrogens with zero attached hydrogens (tertiary/aromatic N) is 3. The van der Waals surface area contributed by atoms with Crippen LogP contribution >= 0.6 is 35.1 Å². The van der Waals surface area contributed by atoms with Gasteiger partial charge >= 0.3 is 0 Å². The van der Waals surface area contributed by atoms with Crippen molar-refractivity contribution >= 4 is 57.6 Å². The molecule has 0 N–H and O–H groups in total. The number of anilines is 2. The summed E-state index contributed by atoms with van der Waals surface area (Å²) in [5.74, 6) is -0.0442. The number of amides is 1. The van der Waals surface area contributed by atoms with Gasteiger partial charge in [-0.2, -0.15) is 0 Å². The zero-order valence-corrected chi connectivity index (χ0v) is 20.7. The van der Waals surface area contributed by atoms with E-state index < -0.39 is 0 Å². The van der Waals surface area contributed by atoms with Crippen molar-refractivity contribution in [3.8, 4) is 0 Å². The lowest BCUT2D eigenvalue weighted by Crippen LogP contribution is -2.29. The molecule has 3 aromatic rings. The molecule has 0 atom stereocenters. The van der Waals surface area contributed by atoms with Gasteiger partial charge in [-0.05, 0) is 66.6 Å². The summed E-state index contributed by atoms with van der Waals surface area (Å²) in [7, 11) is 1.98. The molecule has 33 heavy (non-hydrogen) atoms. The van der Waals surface area contributed by atoms with E-state index in [1.807, 2.05) is 79.5 Å². The van der Waals surface area contributed by atoms with E-state index in [1.165, 1.54) is 17.3 Å². The summed E-state index contributed by atoms with van der Waals surface area (Å²) in [4.78, 5) is 24.2. The number of thioether (sulfide) groups is 2. The van der Waals surface area contributed by atoms with Crippen LogP contribution in [-0.2, 0) is 11.2 Å². The number of carbonyl (C=O) groups excluding carboxylic acids is 1. The molecule has 7 heteroatoms. The summed E-state index contributed by atoms with van der Waals surface area (Å²) < 4.78 is 0. The molecular weight excluding hydrogens is 470 g/mol. The van der Waals surface area contributed by atoms with Crippen LogP contribution in [0.2, 0.25) is 5.02 Å². The lowest BCUT2D eigenvalue weighted by molar-refractivity contribution is -0.113. The summed E-state index contributed by atoms with van der Waals surface area (Å²) in [6, 6.07) is 24.1. The van der Waals surface area contributed by atoms with Crippen molar-refractivity contribution in [2.45, 2.75) is 18.2 Å². The zero-order chi connectivity index (χ0) is 22.9. The Balaban J connectivity index is 1.50. The molecule has 0 saturated carbocycles. The van der Waals surface area contributed by atoms with Crippen molar-refractivity contribution < 1.29 is 4.79 Å². The number of aliphatic imine (C=N–C) groups is 1. The van der Waals surface area contributed by atoms with Crippen LogP contribution in [0.25, 0.3) is 0 Å². The normalized spacial score (nSPS) is 19.0. The molecular formula is C26H22ClN3OS2. The van der Waals surface area contributed by atoms with E-state index >= 15 is 0 Å². The fourth-order valence-electron chi connectivity index (χ4n) is 3.85. The third-order valence-electron chi connectivity index (χ3n) is 5.52. The van der Waals surface area contributed by atoms with Gasteiger partial charge in [0, 0.05) is 23.5 Å². The Labute approximate surface area is 207 Å². The first-order valence-electron chi connectivity index (χ1n) is 10.6. The highest BCUT2D eigenvalue weighted by Gasteiger charge is 2.40. The topological polar surface area (TPSA) is 35.9 Å². The molecule has 2 aliphatic rings. The summed E-state index contributed by atoms with van der Waals surface area (Å²) in [6.45, 7) is 2.65. The molecule has 2 aliphatic heterocycles. The third-order valence-corrected chi connectivity index (χ3v) is 8.19. The van der Waals surface area contributed by atoms with Gasteiger partial charge in [0.1, 0.15) is 4.91 Å². The number of hydrogen-bond acceptors (Lipinski definition) is 5. The number of amidine groups is 1. The minimum absolute atomic E-state index is 0.0442. The lowest BCUT2D eigenvalue weighted by atomic mass is 10.2. The van der Waals surface area contributed by atoms with Gasteiger partial charge in [0.25, 0.3) is 5.91 Å². The van der Waals surface area contributed by atoms with Gasteiger partial charge in [-0.1, -0.05) is 65.8 Å². The molecule has 0 aromatic heterocycles. The van der Waals surface area contributed by atoms with Crippen LogP contribution in [0.5, 0.6) is 0 Å². The van der Waals surface area contributed by atoms with Crippen LogP contribution in [0, 0.1) is 6.92 Å².